The van der Waals surface area contributed by atoms with Crippen molar-refractivity contribution in [3.8, 4) is 0 Å². The van der Waals surface area contributed by atoms with E-state index in [0.717, 1.165) is 0 Å². The molecule has 0 aliphatic carbocycles. The van der Waals surface area contributed by atoms with E-state index in [-0.39, 0.29) is 17.9 Å². The van der Waals surface area contributed by atoms with Crippen LogP contribution in [0.5, 0.6) is 0 Å². The number of aliphatic hydroxyl groups excluding tert-OH is 1. The molecule has 0 saturated carbocycles. The van der Waals surface area contributed by atoms with E-state index in [1.165, 1.54) is 0 Å². The maximum atomic E-state index is 11.4. The molecular weight excluding hydrogens is 180 g/mol. The molecule has 0 saturated heterocycles. The van der Waals surface area contributed by atoms with Gasteiger partial charge in [0.25, 0.3) is 0 Å². The van der Waals surface area contributed by atoms with Gasteiger partial charge in [-0.2, -0.15) is 0 Å². The third kappa shape index (κ3) is 5.19. The van der Waals surface area contributed by atoms with Crippen molar-refractivity contribution < 1.29 is 9.90 Å². The van der Waals surface area contributed by atoms with Crippen LogP contribution in [-0.2, 0) is 4.79 Å². The van der Waals surface area contributed by atoms with Gasteiger partial charge in [0.05, 0.1) is 5.54 Å². The molecular formula is C10H22N2O2. The summed E-state index contributed by atoms with van der Waals surface area (Å²) < 4.78 is 0. The molecule has 4 nitrogen and oxygen atoms in total. The molecule has 0 spiro atoms. The Labute approximate surface area is 85.9 Å². The Morgan fingerprint density at radius 2 is 1.86 bits per heavy atom. The first-order valence-electron chi connectivity index (χ1n) is 4.87. The molecule has 1 amide bonds. The number of nitrogens with two attached hydrogens (primary N) is 1. The zero-order valence-electron chi connectivity index (χ0n) is 9.55. The van der Waals surface area contributed by atoms with Gasteiger partial charge >= 0.3 is 0 Å². The predicted molar refractivity (Wildman–Crippen MR) is 56.8 cm³/mol. The van der Waals surface area contributed by atoms with E-state index in [9.17, 15) is 4.79 Å². The molecule has 0 aromatic rings. The SMILES string of the molecule is CC(C)(CCO)CNC(=O)C(C)(C)N. The third-order valence-electron chi connectivity index (χ3n) is 2.10. The number of rotatable bonds is 5. The molecule has 0 rings (SSSR count). The van der Waals surface area contributed by atoms with Gasteiger partial charge in [0.2, 0.25) is 5.91 Å². The van der Waals surface area contributed by atoms with Gasteiger partial charge in [-0.05, 0) is 25.7 Å². The Hall–Kier alpha value is -0.610. The molecule has 0 aliphatic heterocycles. The van der Waals surface area contributed by atoms with Crippen LogP contribution < -0.4 is 11.1 Å². The predicted octanol–water partition coefficient (Wildman–Crippen LogP) is 0.249. The number of carbonyl (C=O) groups excluding carboxylic acids is 1. The Morgan fingerprint density at radius 1 is 1.36 bits per heavy atom. The van der Waals surface area contributed by atoms with Crippen molar-refractivity contribution in [2.24, 2.45) is 11.1 Å². The van der Waals surface area contributed by atoms with Gasteiger partial charge < -0.3 is 16.2 Å². The van der Waals surface area contributed by atoms with Crippen LogP contribution in [0.2, 0.25) is 0 Å². The van der Waals surface area contributed by atoms with E-state index in [2.05, 4.69) is 5.32 Å². The molecule has 0 atom stereocenters. The van der Waals surface area contributed by atoms with Crippen LogP contribution in [0.3, 0.4) is 0 Å². The molecule has 4 heteroatoms. The Balaban J connectivity index is 4.00. The van der Waals surface area contributed by atoms with Gasteiger partial charge in [0, 0.05) is 13.2 Å². The van der Waals surface area contributed by atoms with E-state index >= 15 is 0 Å². The molecule has 0 aliphatic rings. The maximum Gasteiger partial charge on any atom is 0.239 e. The van der Waals surface area contributed by atoms with E-state index in [1.54, 1.807) is 13.8 Å². The van der Waals surface area contributed by atoms with Crippen LogP contribution in [0.25, 0.3) is 0 Å². The second-order valence-electron chi connectivity index (χ2n) is 5.04. The first-order valence-corrected chi connectivity index (χ1v) is 4.87. The summed E-state index contributed by atoms with van der Waals surface area (Å²) in [7, 11) is 0. The standard InChI is InChI=1S/C10H22N2O2/c1-9(2,5-6-13)7-12-8(14)10(3,4)11/h13H,5-7,11H2,1-4H3,(H,12,14). The molecule has 0 aromatic carbocycles. The average Bonchev–Trinajstić information content (AvgIpc) is 1.98. The zero-order chi connectivity index (χ0) is 11.4. The van der Waals surface area contributed by atoms with Crippen molar-refractivity contribution >= 4 is 5.91 Å². The summed E-state index contributed by atoms with van der Waals surface area (Å²) >= 11 is 0. The second-order valence-corrected chi connectivity index (χ2v) is 5.04. The van der Waals surface area contributed by atoms with Crippen LogP contribution >= 0.6 is 0 Å². The van der Waals surface area contributed by atoms with Crippen molar-refractivity contribution in [3.05, 3.63) is 0 Å². The lowest BCUT2D eigenvalue weighted by Crippen LogP contribution is -2.51. The van der Waals surface area contributed by atoms with Crippen molar-refractivity contribution in [3.63, 3.8) is 0 Å². The molecule has 14 heavy (non-hydrogen) atoms. The topological polar surface area (TPSA) is 75.3 Å². The van der Waals surface area contributed by atoms with E-state index in [4.69, 9.17) is 10.8 Å². The van der Waals surface area contributed by atoms with Gasteiger partial charge in [0.15, 0.2) is 0 Å². The number of nitrogens with one attached hydrogen (secondary N) is 1. The van der Waals surface area contributed by atoms with Gasteiger partial charge in [-0.3, -0.25) is 4.79 Å². The lowest BCUT2D eigenvalue weighted by Gasteiger charge is -2.26. The highest BCUT2D eigenvalue weighted by Crippen LogP contribution is 2.18. The Bertz CT molecular complexity index is 195. The summed E-state index contributed by atoms with van der Waals surface area (Å²) in [6.45, 7) is 7.99. The van der Waals surface area contributed by atoms with Crippen LogP contribution in [0.4, 0.5) is 0 Å². The highest BCUT2D eigenvalue weighted by Gasteiger charge is 2.24. The summed E-state index contributed by atoms with van der Waals surface area (Å²) in [5.74, 6) is -0.163. The molecule has 0 unspecified atom stereocenters. The number of amides is 1. The van der Waals surface area contributed by atoms with E-state index in [1.807, 2.05) is 13.8 Å². The summed E-state index contributed by atoms with van der Waals surface area (Å²) in [4.78, 5) is 11.4. The fraction of sp³-hybridized carbons (Fsp3) is 0.900. The number of hydrogen-bond acceptors (Lipinski definition) is 3. The molecule has 0 heterocycles. The summed E-state index contributed by atoms with van der Waals surface area (Å²) in [6, 6.07) is 0. The van der Waals surface area contributed by atoms with E-state index in [0.29, 0.717) is 13.0 Å². The highest BCUT2D eigenvalue weighted by atomic mass is 16.3. The van der Waals surface area contributed by atoms with Gasteiger partial charge in [-0.15, -0.1) is 0 Å². The molecule has 0 bridgehead atoms. The van der Waals surface area contributed by atoms with Gasteiger partial charge in [-0.25, -0.2) is 0 Å². The second kappa shape index (κ2) is 4.75. The molecule has 0 aromatic heterocycles. The fourth-order valence-electron chi connectivity index (χ4n) is 0.938. The fourth-order valence-corrected chi connectivity index (χ4v) is 0.938. The molecule has 4 N–H and O–H groups in total. The monoisotopic (exact) mass is 202 g/mol. The molecule has 0 radical (unpaired) electrons. The quantitative estimate of drug-likeness (QED) is 0.598. The van der Waals surface area contributed by atoms with Crippen molar-refractivity contribution in [2.45, 2.75) is 39.7 Å². The van der Waals surface area contributed by atoms with Crippen LogP contribution in [-0.4, -0.2) is 29.7 Å². The van der Waals surface area contributed by atoms with E-state index < -0.39 is 5.54 Å². The highest BCUT2D eigenvalue weighted by molar-refractivity contribution is 5.85. The molecule has 0 fully saturated rings. The lowest BCUT2D eigenvalue weighted by atomic mass is 9.89. The minimum Gasteiger partial charge on any atom is -0.396 e. The minimum atomic E-state index is -0.838. The largest absolute Gasteiger partial charge is 0.396 e. The van der Waals surface area contributed by atoms with Crippen LogP contribution in [0, 0.1) is 5.41 Å². The Kier molecular flexibility index (Phi) is 4.55. The summed E-state index contributed by atoms with van der Waals surface area (Å²) in [5, 5.41) is 11.6. The first-order chi connectivity index (χ1) is 6.19. The van der Waals surface area contributed by atoms with Crippen molar-refractivity contribution in [1.29, 1.82) is 0 Å². The Morgan fingerprint density at radius 3 is 2.21 bits per heavy atom. The number of aliphatic hydroxyl groups is 1. The summed E-state index contributed by atoms with van der Waals surface area (Å²) in [6.07, 6.45) is 0.665. The van der Waals surface area contributed by atoms with Crippen molar-refractivity contribution in [2.75, 3.05) is 13.2 Å². The lowest BCUT2D eigenvalue weighted by molar-refractivity contribution is -0.125. The van der Waals surface area contributed by atoms with Crippen LogP contribution in [0.15, 0.2) is 0 Å². The first kappa shape index (κ1) is 13.4. The maximum absolute atomic E-state index is 11.4. The zero-order valence-corrected chi connectivity index (χ0v) is 9.55. The average molecular weight is 202 g/mol. The van der Waals surface area contributed by atoms with Gasteiger partial charge in [-0.1, -0.05) is 13.8 Å². The van der Waals surface area contributed by atoms with Crippen LogP contribution in [0.1, 0.15) is 34.1 Å². The van der Waals surface area contributed by atoms with Crippen molar-refractivity contribution in [1.82, 2.24) is 5.32 Å². The number of carbonyl (C=O) groups is 1. The molecule has 84 valence electrons. The normalized spacial score (nSPS) is 12.7. The third-order valence-corrected chi connectivity index (χ3v) is 2.10. The number of hydrogen-bond donors (Lipinski definition) is 3. The minimum absolute atomic E-state index is 0.0876. The summed E-state index contributed by atoms with van der Waals surface area (Å²) in [5.41, 5.74) is 4.70. The van der Waals surface area contributed by atoms with Gasteiger partial charge in [0.1, 0.15) is 0 Å². The smallest absolute Gasteiger partial charge is 0.239 e.